The Bertz CT molecular complexity index is 1290. The second kappa shape index (κ2) is 11.0. The number of pyridine rings is 1. The Morgan fingerprint density at radius 2 is 1.86 bits per heavy atom. The number of nitrogens with one attached hydrogen (secondary N) is 3. The van der Waals surface area contributed by atoms with Crippen molar-refractivity contribution in [3.63, 3.8) is 0 Å². The zero-order chi connectivity index (χ0) is 25.8. The number of hydrogen-bond donors (Lipinski definition) is 5. The Morgan fingerprint density at radius 1 is 1.08 bits per heavy atom. The highest BCUT2D eigenvalue weighted by molar-refractivity contribution is 6.08. The number of nitrogens with zero attached hydrogens (tertiary/aromatic N) is 1. The molecule has 6 N–H and O–H groups in total. The minimum Gasteiger partial charge on any atom is -0.393 e. The number of unbranched alkanes of at least 4 members (excludes halogenated alkanes) is 1. The van der Waals surface area contributed by atoms with E-state index in [0.29, 0.717) is 48.9 Å². The number of hydrogen-bond acceptors (Lipinski definition) is 6. The predicted molar refractivity (Wildman–Crippen MR) is 134 cm³/mol. The molecule has 0 radical (unpaired) electrons. The molecule has 1 aliphatic rings. The third-order valence-electron chi connectivity index (χ3n) is 6.34. The molecule has 1 saturated carbocycles. The average molecular weight is 498 g/mol. The SMILES string of the molecule is CNc1c(C(=O)NC2CC(O)C2)cnc2cc(F)c(-c3ccc(C(=O)NCCCCN)c(F)c3)cc12. The molecule has 0 bridgehead atoms. The molecular formula is C26H29F2N5O3. The lowest BCUT2D eigenvalue weighted by Gasteiger charge is -2.32. The molecule has 1 fully saturated rings. The summed E-state index contributed by atoms with van der Waals surface area (Å²) >= 11 is 0. The maximum Gasteiger partial charge on any atom is 0.255 e. The second-order valence-corrected chi connectivity index (χ2v) is 8.89. The fraction of sp³-hybridized carbons (Fsp3) is 0.346. The summed E-state index contributed by atoms with van der Waals surface area (Å²) in [5.74, 6) is -2.29. The molecule has 0 atom stereocenters. The van der Waals surface area contributed by atoms with Crippen LogP contribution in [0.5, 0.6) is 0 Å². The zero-order valence-electron chi connectivity index (χ0n) is 19.9. The number of rotatable bonds is 9. The van der Waals surface area contributed by atoms with Gasteiger partial charge in [0, 0.05) is 42.8 Å². The van der Waals surface area contributed by atoms with Crippen LogP contribution in [0.1, 0.15) is 46.4 Å². The maximum absolute atomic E-state index is 15.0. The number of carbonyl (C=O) groups is 2. The van der Waals surface area contributed by atoms with E-state index in [1.165, 1.54) is 30.5 Å². The molecule has 190 valence electrons. The van der Waals surface area contributed by atoms with Crippen LogP contribution in [0, 0.1) is 11.6 Å². The van der Waals surface area contributed by atoms with Crippen LogP contribution >= 0.6 is 0 Å². The zero-order valence-corrected chi connectivity index (χ0v) is 19.9. The molecular weight excluding hydrogens is 468 g/mol. The van der Waals surface area contributed by atoms with Crippen molar-refractivity contribution in [2.75, 3.05) is 25.5 Å². The number of aliphatic hydroxyl groups excluding tert-OH is 1. The van der Waals surface area contributed by atoms with E-state index >= 15 is 4.39 Å². The smallest absolute Gasteiger partial charge is 0.255 e. The van der Waals surface area contributed by atoms with E-state index in [9.17, 15) is 19.1 Å². The summed E-state index contributed by atoms with van der Waals surface area (Å²) in [6, 6.07) is 6.54. The highest BCUT2D eigenvalue weighted by atomic mass is 19.1. The van der Waals surface area contributed by atoms with Gasteiger partial charge in [0.15, 0.2) is 0 Å². The molecule has 0 spiro atoms. The van der Waals surface area contributed by atoms with Gasteiger partial charge in [0.25, 0.3) is 11.8 Å². The van der Waals surface area contributed by atoms with E-state index in [2.05, 4.69) is 20.9 Å². The number of benzene rings is 2. The number of anilines is 1. The van der Waals surface area contributed by atoms with Crippen molar-refractivity contribution < 1.29 is 23.5 Å². The summed E-state index contributed by atoms with van der Waals surface area (Å²) in [5.41, 5.74) is 6.70. The van der Waals surface area contributed by atoms with Crippen molar-refractivity contribution >= 4 is 28.4 Å². The third kappa shape index (κ3) is 5.29. The van der Waals surface area contributed by atoms with Crippen LogP contribution in [0.4, 0.5) is 14.5 Å². The van der Waals surface area contributed by atoms with Crippen LogP contribution < -0.4 is 21.7 Å². The number of aromatic nitrogens is 1. The molecule has 36 heavy (non-hydrogen) atoms. The summed E-state index contributed by atoms with van der Waals surface area (Å²) in [6.07, 6.45) is 3.38. The molecule has 3 aromatic rings. The van der Waals surface area contributed by atoms with Crippen LogP contribution in [0.3, 0.4) is 0 Å². The van der Waals surface area contributed by atoms with E-state index in [-0.39, 0.29) is 34.2 Å². The third-order valence-corrected chi connectivity index (χ3v) is 6.34. The molecule has 1 aromatic heterocycles. The average Bonchev–Trinajstić information content (AvgIpc) is 2.84. The molecule has 4 rings (SSSR count). The molecule has 0 saturated heterocycles. The number of aliphatic hydroxyl groups is 1. The molecule has 10 heteroatoms. The molecule has 8 nitrogen and oxygen atoms in total. The van der Waals surface area contributed by atoms with Gasteiger partial charge in [-0.2, -0.15) is 0 Å². The van der Waals surface area contributed by atoms with Gasteiger partial charge in [0.05, 0.1) is 28.4 Å². The first-order valence-corrected chi connectivity index (χ1v) is 11.9. The minimum atomic E-state index is -0.772. The van der Waals surface area contributed by atoms with Gasteiger partial charge in [0.1, 0.15) is 11.6 Å². The van der Waals surface area contributed by atoms with Crippen LogP contribution in [0.2, 0.25) is 0 Å². The van der Waals surface area contributed by atoms with Gasteiger partial charge in [-0.3, -0.25) is 14.6 Å². The Balaban J connectivity index is 1.64. The van der Waals surface area contributed by atoms with E-state index in [0.717, 1.165) is 12.5 Å². The van der Waals surface area contributed by atoms with Gasteiger partial charge in [-0.05, 0) is 56.0 Å². The topological polar surface area (TPSA) is 129 Å². The van der Waals surface area contributed by atoms with Crippen molar-refractivity contribution in [2.45, 2.75) is 37.8 Å². The van der Waals surface area contributed by atoms with E-state index in [4.69, 9.17) is 5.73 Å². The van der Waals surface area contributed by atoms with Crippen molar-refractivity contribution in [3.8, 4) is 11.1 Å². The van der Waals surface area contributed by atoms with Gasteiger partial charge >= 0.3 is 0 Å². The summed E-state index contributed by atoms with van der Waals surface area (Å²) in [5, 5.41) is 18.5. The lowest BCUT2D eigenvalue weighted by Crippen LogP contribution is -2.46. The van der Waals surface area contributed by atoms with Crippen LogP contribution in [0.15, 0.2) is 36.5 Å². The van der Waals surface area contributed by atoms with E-state index in [1.807, 2.05) is 0 Å². The lowest BCUT2D eigenvalue weighted by molar-refractivity contribution is 0.0563. The maximum atomic E-state index is 15.0. The largest absolute Gasteiger partial charge is 0.393 e. The van der Waals surface area contributed by atoms with E-state index < -0.39 is 23.6 Å². The first-order valence-electron chi connectivity index (χ1n) is 11.9. The number of fused-ring (bicyclic) bond motifs is 1. The highest BCUT2D eigenvalue weighted by Crippen LogP contribution is 2.33. The number of amides is 2. The van der Waals surface area contributed by atoms with Gasteiger partial charge in [-0.1, -0.05) is 6.07 Å². The fourth-order valence-corrected chi connectivity index (χ4v) is 4.28. The standard InChI is InChI=1S/C26H29F2N5O3/c1-30-24-19-11-18(14-4-5-17(21(27)8-14)25(35)31-7-3-2-6-29)22(28)12-23(19)32-13-20(24)26(36)33-15-9-16(34)10-15/h4-5,8,11-13,15-16,34H,2-3,6-7,9-10,29H2,1H3,(H,30,32)(H,31,35)(H,33,36). The summed E-state index contributed by atoms with van der Waals surface area (Å²) in [6.45, 7) is 0.894. The first-order chi connectivity index (χ1) is 17.3. The lowest BCUT2D eigenvalue weighted by atomic mass is 9.89. The van der Waals surface area contributed by atoms with Crippen LogP contribution in [-0.4, -0.2) is 54.2 Å². The van der Waals surface area contributed by atoms with Crippen LogP contribution in [0.25, 0.3) is 22.0 Å². The number of carbonyl (C=O) groups excluding carboxylic acids is 2. The van der Waals surface area contributed by atoms with Crippen molar-refractivity contribution in [3.05, 3.63) is 59.3 Å². The van der Waals surface area contributed by atoms with E-state index in [1.54, 1.807) is 7.05 Å². The van der Waals surface area contributed by atoms with Crippen molar-refractivity contribution in [1.29, 1.82) is 0 Å². The molecule has 0 aliphatic heterocycles. The summed E-state index contributed by atoms with van der Waals surface area (Å²) in [7, 11) is 1.64. The Hall–Kier alpha value is -3.63. The Kier molecular flexibility index (Phi) is 7.76. The molecule has 2 aromatic carbocycles. The number of halogens is 2. The van der Waals surface area contributed by atoms with Gasteiger partial charge < -0.3 is 26.8 Å². The molecule has 1 heterocycles. The predicted octanol–water partition coefficient (Wildman–Crippen LogP) is 2.94. The van der Waals surface area contributed by atoms with Gasteiger partial charge in [-0.15, -0.1) is 0 Å². The van der Waals surface area contributed by atoms with Crippen LogP contribution in [-0.2, 0) is 0 Å². The van der Waals surface area contributed by atoms with Gasteiger partial charge in [-0.25, -0.2) is 8.78 Å². The second-order valence-electron chi connectivity index (χ2n) is 8.89. The summed E-state index contributed by atoms with van der Waals surface area (Å²) in [4.78, 5) is 29.4. The molecule has 0 unspecified atom stereocenters. The summed E-state index contributed by atoms with van der Waals surface area (Å²) < 4.78 is 29.8. The van der Waals surface area contributed by atoms with Crippen molar-refractivity contribution in [2.24, 2.45) is 5.73 Å². The normalized spacial score (nSPS) is 16.9. The Labute approximate surface area is 207 Å². The minimum absolute atomic E-state index is 0.106. The first kappa shape index (κ1) is 25.5. The highest BCUT2D eigenvalue weighted by Gasteiger charge is 2.29. The van der Waals surface area contributed by atoms with Gasteiger partial charge in [0.2, 0.25) is 0 Å². The Morgan fingerprint density at radius 3 is 2.53 bits per heavy atom. The molecule has 2 amide bonds. The monoisotopic (exact) mass is 497 g/mol. The van der Waals surface area contributed by atoms with Crippen molar-refractivity contribution in [1.82, 2.24) is 15.6 Å². The molecule has 1 aliphatic carbocycles. The quantitative estimate of drug-likeness (QED) is 0.289. The number of nitrogens with two attached hydrogens (primary N) is 1. The fourth-order valence-electron chi connectivity index (χ4n) is 4.28.